The van der Waals surface area contributed by atoms with Gasteiger partial charge in [-0.15, -0.1) is 0 Å². The molecule has 0 heterocycles. The molecular weight excluding hydrogens is 220 g/mol. The zero-order chi connectivity index (χ0) is 12.0. The fourth-order valence-electron chi connectivity index (χ4n) is 1.67. The topological polar surface area (TPSA) is 17.1 Å². The minimum Gasteiger partial charge on any atom is -0.299 e. The van der Waals surface area contributed by atoms with Crippen molar-refractivity contribution in [1.82, 2.24) is 0 Å². The molecule has 0 fully saturated rings. The summed E-state index contributed by atoms with van der Waals surface area (Å²) in [6.45, 7) is 4.36. The van der Waals surface area contributed by atoms with E-state index in [-0.39, 0.29) is 0 Å². The monoisotopic (exact) mass is 238 g/mol. The highest BCUT2D eigenvalue weighted by Gasteiger charge is 2.04. The molecule has 0 amide bonds. The molecule has 0 atom stereocenters. The van der Waals surface area contributed by atoms with E-state index in [1.807, 2.05) is 24.3 Å². The predicted octanol–water partition coefficient (Wildman–Crippen LogP) is 4.28. The Morgan fingerprint density at radius 1 is 1.38 bits per heavy atom. The van der Waals surface area contributed by atoms with Gasteiger partial charge in [0, 0.05) is 17.9 Å². The number of benzene rings is 1. The van der Waals surface area contributed by atoms with Gasteiger partial charge in [0.25, 0.3) is 0 Å². The van der Waals surface area contributed by atoms with Crippen molar-refractivity contribution in [2.24, 2.45) is 5.92 Å². The summed E-state index contributed by atoms with van der Waals surface area (Å²) in [5, 5.41) is 0.701. The summed E-state index contributed by atoms with van der Waals surface area (Å²) in [5.41, 5.74) is 1.02. The van der Waals surface area contributed by atoms with Crippen molar-refractivity contribution in [1.29, 1.82) is 0 Å². The van der Waals surface area contributed by atoms with Crippen LogP contribution in [0, 0.1) is 5.92 Å². The molecule has 0 aromatic heterocycles. The Balaban J connectivity index is 2.34. The number of rotatable bonds is 6. The quantitative estimate of drug-likeness (QED) is 0.723. The highest BCUT2D eigenvalue weighted by atomic mass is 35.5. The van der Waals surface area contributed by atoms with Crippen molar-refractivity contribution >= 4 is 17.4 Å². The maximum Gasteiger partial charge on any atom is 0.137 e. The van der Waals surface area contributed by atoms with Gasteiger partial charge in [-0.2, -0.15) is 0 Å². The van der Waals surface area contributed by atoms with Crippen molar-refractivity contribution < 1.29 is 4.79 Å². The van der Waals surface area contributed by atoms with Gasteiger partial charge in [0.15, 0.2) is 0 Å². The second-order valence-electron chi connectivity index (χ2n) is 4.63. The van der Waals surface area contributed by atoms with Crippen LogP contribution in [0.15, 0.2) is 24.3 Å². The molecular formula is C14H19ClO. The second-order valence-corrected chi connectivity index (χ2v) is 5.07. The summed E-state index contributed by atoms with van der Waals surface area (Å²) in [7, 11) is 0. The van der Waals surface area contributed by atoms with Crippen molar-refractivity contribution in [3.8, 4) is 0 Å². The van der Waals surface area contributed by atoms with Crippen LogP contribution in [0.3, 0.4) is 0 Å². The van der Waals surface area contributed by atoms with Crippen LogP contribution in [0.2, 0.25) is 5.02 Å². The Morgan fingerprint density at radius 2 is 2.12 bits per heavy atom. The Morgan fingerprint density at radius 3 is 2.75 bits per heavy atom. The molecule has 0 aliphatic rings. The van der Waals surface area contributed by atoms with Gasteiger partial charge >= 0.3 is 0 Å². The molecule has 16 heavy (non-hydrogen) atoms. The molecule has 0 aliphatic carbocycles. The van der Waals surface area contributed by atoms with Gasteiger partial charge in [0.05, 0.1) is 0 Å². The lowest BCUT2D eigenvalue weighted by Gasteiger charge is -2.04. The van der Waals surface area contributed by atoms with E-state index in [9.17, 15) is 4.79 Å². The van der Waals surface area contributed by atoms with E-state index < -0.39 is 0 Å². The normalized spacial score (nSPS) is 10.8. The number of hydrogen-bond acceptors (Lipinski definition) is 1. The molecule has 1 nitrogen and oxygen atoms in total. The molecule has 88 valence electrons. The first kappa shape index (κ1) is 13.2. The molecule has 1 aromatic rings. The van der Waals surface area contributed by atoms with Gasteiger partial charge in [-0.3, -0.25) is 4.79 Å². The van der Waals surface area contributed by atoms with Gasteiger partial charge in [-0.1, -0.05) is 44.0 Å². The number of carbonyl (C=O) groups is 1. The average Bonchev–Trinajstić information content (AvgIpc) is 2.16. The second kappa shape index (κ2) is 6.70. The third kappa shape index (κ3) is 5.32. The average molecular weight is 239 g/mol. The lowest BCUT2D eigenvalue weighted by Crippen LogP contribution is -2.03. The van der Waals surface area contributed by atoms with Crippen LogP contribution in [0.1, 0.15) is 38.7 Å². The molecule has 0 unspecified atom stereocenters. The first-order chi connectivity index (χ1) is 7.58. The Kier molecular flexibility index (Phi) is 5.54. The van der Waals surface area contributed by atoms with Crippen LogP contribution in [-0.2, 0) is 11.2 Å². The molecule has 0 radical (unpaired) electrons. The summed E-state index contributed by atoms with van der Waals surface area (Å²) in [4.78, 5) is 11.7. The fourth-order valence-corrected chi connectivity index (χ4v) is 1.88. The Labute approximate surface area is 103 Å². The minimum absolute atomic E-state index is 0.308. The maximum absolute atomic E-state index is 11.7. The number of carbonyl (C=O) groups excluding carboxylic acids is 1. The first-order valence-corrected chi connectivity index (χ1v) is 6.22. The zero-order valence-electron chi connectivity index (χ0n) is 10.0. The third-order valence-corrected chi connectivity index (χ3v) is 2.76. The number of halogens is 1. The SMILES string of the molecule is CC(C)CCCC(=O)Cc1cccc(Cl)c1. The fraction of sp³-hybridized carbons (Fsp3) is 0.500. The predicted molar refractivity (Wildman–Crippen MR) is 68.9 cm³/mol. The van der Waals surface area contributed by atoms with E-state index in [1.165, 1.54) is 0 Å². The Bertz CT molecular complexity index is 344. The molecule has 1 aromatic carbocycles. The van der Waals surface area contributed by atoms with Gasteiger partial charge in [-0.25, -0.2) is 0 Å². The zero-order valence-corrected chi connectivity index (χ0v) is 10.8. The largest absolute Gasteiger partial charge is 0.299 e. The van der Waals surface area contributed by atoms with Crippen molar-refractivity contribution in [3.63, 3.8) is 0 Å². The summed E-state index contributed by atoms with van der Waals surface area (Å²) in [5.74, 6) is 0.988. The lowest BCUT2D eigenvalue weighted by atomic mass is 10.0. The summed E-state index contributed by atoms with van der Waals surface area (Å²) < 4.78 is 0. The standard InChI is InChI=1S/C14H19ClO/c1-11(2)5-3-8-14(16)10-12-6-4-7-13(15)9-12/h4,6-7,9,11H,3,5,8,10H2,1-2H3. The molecule has 0 saturated heterocycles. The molecule has 0 saturated carbocycles. The van der Waals surface area contributed by atoms with Crippen LogP contribution in [0.25, 0.3) is 0 Å². The van der Waals surface area contributed by atoms with Crippen LogP contribution < -0.4 is 0 Å². The molecule has 0 spiro atoms. The van der Waals surface area contributed by atoms with E-state index in [0.29, 0.717) is 29.6 Å². The van der Waals surface area contributed by atoms with E-state index >= 15 is 0 Å². The van der Waals surface area contributed by atoms with E-state index in [4.69, 9.17) is 11.6 Å². The van der Waals surface area contributed by atoms with Crippen LogP contribution in [-0.4, -0.2) is 5.78 Å². The first-order valence-electron chi connectivity index (χ1n) is 5.84. The third-order valence-electron chi connectivity index (χ3n) is 2.53. The van der Waals surface area contributed by atoms with Gasteiger partial charge in [-0.05, 0) is 30.0 Å². The number of hydrogen-bond donors (Lipinski definition) is 0. The summed E-state index contributed by atoms with van der Waals surface area (Å²) in [6, 6.07) is 7.53. The Hall–Kier alpha value is -0.820. The summed E-state index contributed by atoms with van der Waals surface area (Å²) >= 11 is 5.86. The van der Waals surface area contributed by atoms with E-state index in [1.54, 1.807) is 0 Å². The molecule has 1 rings (SSSR count). The van der Waals surface area contributed by atoms with Crippen LogP contribution >= 0.6 is 11.6 Å². The van der Waals surface area contributed by atoms with Gasteiger partial charge in [0.2, 0.25) is 0 Å². The smallest absolute Gasteiger partial charge is 0.137 e. The number of Topliss-reactive ketones (excluding diaryl/α,β-unsaturated/α-hetero) is 1. The highest BCUT2D eigenvalue weighted by Crippen LogP contribution is 2.13. The highest BCUT2D eigenvalue weighted by molar-refractivity contribution is 6.30. The van der Waals surface area contributed by atoms with Crippen molar-refractivity contribution in [2.75, 3.05) is 0 Å². The molecule has 0 bridgehead atoms. The van der Waals surface area contributed by atoms with Crippen LogP contribution in [0.5, 0.6) is 0 Å². The summed E-state index contributed by atoms with van der Waals surface area (Å²) in [6.07, 6.45) is 3.32. The minimum atomic E-state index is 0.308. The molecule has 0 N–H and O–H groups in total. The van der Waals surface area contributed by atoms with Crippen molar-refractivity contribution in [2.45, 2.75) is 39.5 Å². The van der Waals surface area contributed by atoms with Gasteiger partial charge < -0.3 is 0 Å². The number of ketones is 1. The van der Waals surface area contributed by atoms with Crippen LogP contribution in [0.4, 0.5) is 0 Å². The molecule has 2 heteroatoms. The van der Waals surface area contributed by atoms with Gasteiger partial charge in [0.1, 0.15) is 5.78 Å². The molecule has 0 aliphatic heterocycles. The van der Waals surface area contributed by atoms with E-state index in [0.717, 1.165) is 18.4 Å². The maximum atomic E-state index is 11.7. The van der Waals surface area contributed by atoms with Crippen molar-refractivity contribution in [3.05, 3.63) is 34.9 Å². The van der Waals surface area contributed by atoms with E-state index in [2.05, 4.69) is 13.8 Å². The lowest BCUT2D eigenvalue weighted by molar-refractivity contribution is -0.118.